The van der Waals surface area contributed by atoms with E-state index in [0.29, 0.717) is 4.88 Å². The highest BCUT2D eigenvalue weighted by Gasteiger charge is 2.51. The summed E-state index contributed by atoms with van der Waals surface area (Å²) in [7, 11) is 0. The van der Waals surface area contributed by atoms with E-state index in [-0.39, 0.29) is 30.6 Å². The van der Waals surface area contributed by atoms with E-state index >= 15 is 0 Å². The lowest BCUT2D eigenvalue weighted by Gasteiger charge is -2.30. The fourth-order valence-electron chi connectivity index (χ4n) is 4.29. The molecule has 1 saturated carbocycles. The number of Topliss-reactive ketones (excluding diaryl/α,β-unsaturated/α-hetero) is 1. The van der Waals surface area contributed by atoms with Crippen molar-refractivity contribution in [3.8, 4) is 0 Å². The van der Waals surface area contributed by atoms with Crippen LogP contribution in [0.1, 0.15) is 53.8 Å². The molecule has 0 bridgehead atoms. The van der Waals surface area contributed by atoms with Crippen LogP contribution in [-0.2, 0) is 9.59 Å². The van der Waals surface area contributed by atoms with Gasteiger partial charge in [0.15, 0.2) is 5.78 Å². The summed E-state index contributed by atoms with van der Waals surface area (Å²) in [5, 5.41) is 1.07. The van der Waals surface area contributed by atoms with E-state index in [4.69, 9.17) is 0 Å². The van der Waals surface area contributed by atoms with E-state index < -0.39 is 5.41 Å². The highest BCUT2D eigenvalue weighted by atomic mass is 32.1. The van der Waals surface area contributed by atoms with Crippen LogP contribution in [0.3, 0.4) is 0 Å². The Morgan fingerprint density at radius 1 is 1.16 bits per heavy atom. The number of aryl methyl sites for hydroxylation is 1. The maximum atomic E-state index is 12.9. The molecule has 1 saturated heterocycles. The van der Waals surface area contributed by atoms with Crippen molar-refractivity contribution >= 4 is 39.0 Å². The molecule has 2 heterocycles. The fourth-order valence-corrected chi connectivity index (χ4v) is 5.43. The van der Waals surface area contributed by atoms with Gasteiger partial charge in [-0.15, -0.1) is 11.3 Å². The zero-order valence-corrected chi connectivity index (χ0v) is 15.2. The summed E-state index contributed by atoms with van der Waals surface area (Å²) in [6.45, 7) is 1.81. The van der Waals surface area contributed by atoms with Crippen LogP contribution in [0, 0.1) is 12.3 Å². The van der Waals surface area contributed by atoms with Crippen LogP contribution >= 0.6 is 11.3 Å². The van der Waals surface area contributed by atoms with Gasteiger partial charge in [-0.05, 0) is 36.8 Å². The van der Waals surface area contributed by atoms with E-state index in [2.05, 4.69) is 0 Å². The van der Waals surface area contributed by atoms with Crippen molar-refractivity contribution in [2.45, 2.75) is 45.4 Å². The molecule has 2 aliphatic rings. The molecule has 2 aromatic rings. The maximum absolute atomic E-state index is 12.9. The van der Waals surface area contributed by atoms with Gasteiger partial charge in [-0.1, -0.05) is 37.5 Å². The van der Waals surface area contributed by atoms with Crippen molar-refractivity contribution in [2.24, 2.45) is 5.41 Å². The quantitative estimate of drug-likeness (QED) is 0.615. The Balaban J connectivity index is 1.59. The van der Waals surface area contributed by atoms with Crippen LogP contribution in [0.15, 0.2) is 24.3 Å². The second-order valence-electron chi connectivity index (χ2n) is 7.28. The smallest absolute Gasteiger partial charge is 0.236 e. The number of ketones is 1. The molecule has 1 spiro atoms. The maximum Gasteiger partial charge on any atom is 0.236 e. The highest BCUT2D eigenvalue weighted by molar-refractivity contribution is 7.21. The first-order valence-electron chi connectivity index (χ1n) is 8.88. The molecule has 25 heavy (non-hydrogen) atoms. The summed E-state index contributed by atoms with van der Waals surface area (Å²) in [5.74, 6) is -0.434. The van der Waals surface area contributed by atoms with Gasteiger partial charge in [-0.2, -0.15) is 0 Å². The summed E-state index contributed by atoms with van der Waals surface area (Å²) in [4.78, 5) is 40.0. The molecule has 1 aromatic carbocycles. The summed E-state index contributed by atoms with van der Waals surface area (Å²) in [6.07, 6.45) is 4.97. The van der Waals surface area contributed by atoms with Crippen molar-refractivity contribution in [1.82, 2.24) is 4.90 Å². The number of imide groups is 1. The Bertz CT molecular complexity index is 876. The Labute approximate surface area is 150 Å². The molecule has 0 atom stereocenters. The minimum absolute atomic E-state index is 0.118. The zero-order valence-electron chi connectivity index (χ0n) is 14.3. The Kier molecular flexibility index (Phi) is 3.99. The van der Waals surface area contributed by atoms with E-state index in [1.807, 2.05) is 31.2 Å². The van der Waals surface area contributed by atoms with E-state index in [0.717, 1.165) is 47.8 Å². The third-order valence-electron chi connectivity index (χ3n) is 5.70. The summed E-state index contributed by atoms with van der Waals surface area (Å²) < 4.78 is 1.06. The first-order valence-corrected chi connectivity index (χ1v) is 9.70. The van der Waals surface area contributed by atoms with Gasteiger partial charge >= 0.3 is 0 Å². The molecule has 1 aromatic heterocycles. The first-order chi connectivity index (χ1) is 12.0. The fraction of sp³-hybridized carbons (Fsp3) is 0.450. The number of fused-ring (bicyclic) bond motifs is 1. The molecule has 0 N–H and O–H groups in total. The topological polar surface area (TPSA) is 54.5 Å². The summed E-state index contributed by atoms with van der Waals surface area (Å²) in [5.41, 5.74) is 0.419. The molecule has 4 nitrogen and oxygen atoms in total. The lowest BCUT2D eigenvalue weighted by atomic mass is 9.73. The normalized spacial score (nSPS) is 20.0. The van der Waals surface area contributed by atoms with Crippen LogP contribution in [0.2, 0.25) is 0 Å². The van der Waals surface area contributed by atoms with Crippen LogP contribution in [0.5, 0.6) is 0 Å². The molecular weight excluding hydrogens is 334 g/mol. The van der Waals surface area contributed by atoms with Crippen LogP contribution < -0.4 is 0 Å². The average molecular weight is 355 g/mol. The predicted octanol–water partition coefficient (Wildman–Crippen LogP) is 4.10. The Morgan fingerprint density at radius 2 is 1.88 bits per heavy atom. The van der Waals surface area contributed by atoms with Gasteiger partial charge in [0, 0.05) is 11.1 Å². The van der Waals surface area contributed by atoms with Crippen molar-refractivity contribution in [3.63, 3.8) is 0 Å². The Morgan fingerprint density at radius 3 is 2.60 bits per heavy atom. The highest BCUT2D eigenvalue weighted by Crippen LogP contribution is 2.45. The number of amides is 2. The van der Waals surface area contributed by atoms with E-state index in [9.17, 15) is 14.4 Å². The number of carbonyl (C=O) groups excluding carboxylic acids is 3. The second kappa shape index (κ2) is 6.06. The number of thiophene rings is 1. The van der Waals surface area contributed by atoms with Crippen LogP contribution in [0.25, 0.3) is 10.1 Å². The van der Waals surface area contributed by atoms with Gasteiger partial charge < -0.3 is 0 Å². The van der Waals surface area contributed by atoms with Crippen LogP contribution in [-0.4, -0.2) is 29.0 Å². The minimum Gasteiger partial charge on any atom is -0.291 e. The molecule has 0 unspecified atom stereocenters. The third-order valence-corrected chi connectivity index (χ3v) is 7.01. The molecule has 2 amide bonds. The standard InChI is InChI=1S/C20H21NO3S/c1-13-14-7-3-4-8-16(14)25-18(13)15(22)12-21-17(23)11-20(19(21)24)9-5-2-6-10-20/h3-4,7-8H,2,5-6,9-12H2,1H3. The van der Waals surface area contributed by atoms with Gasteiger partial charge in [0.25, 0.3) is 0 Å². The van der Waals surface area contributed by atoms with Crippen LogP contribution in [0.4, 0.5) is 0 Å². The van der Waals surface area contributed by atoms with E-state index in [1.54, 1.807) is 0 Å². The van der Waals surface area contributed by atoms with Crippen molar-refractivity contribution in [3.05, 3.63) is 34.7 Å². The van der Waals surface area contributed by atoms with Crippen molar-refractivity contribution in [2.75, 3.05) is 6.54 Å². The third kappa shape index (κ3) is 2.61. The van der Waals surface area contributed by atoms with Gasteiger partial charge in [0.1, 0.15) is 0 Å². The number of carbonyl (C=O) groups is 3. The lowest BCUT2D eigenvalue weighted by molar-refractivity contribution is -0.141. The number of nitrogens with zero attached hydrogens (tertiary/aromatic N) is 1. The molecule has 0 radical (unpaired) electrons. The van der Waals surface area contributed by atoms with Gasteiger partial charge in [0.05, 0.1) is 16.8 Å². The first kappa shape index (κ1) is 16.5. The molecule has 1 aliphatic carbocycles. The number of hydrogen-bond donors (Lipinski definition) is 0. The number of hydrogen-bond acceptors (Lipinski definition) is 4. The van der Waals surface area contributed by atoms with Gasteiger partial charge in [-0.25, -0.2) is 0 Å². The number of rotatable bonds is 3. The summed E-state index contributed by atoms with van der Waals surface area (Å²) in [6, 6.07) is 7.90. The summed E-state index contributed by atoms with van der Waals surface area (Å²) >= 11 is 1.45. The predicted molar refractivity (Wildman–Crippen MR) is 97.7 cm³/mol. The second-order valence-corrected chi connectivity index (χ2v) is 8.33. The SMILES string of the molecule is Cc1c(C(=O)CN2C(=O)CC3(CCCCC3)C2=O)sc2ccccc12. The monoisotopic (exact) mass is 355 g/mol. The zero-order chi connectivity index (χ0) is 17.6. The van der Waals surface area contributed by atoms with Gasteiger partial charge in [-0.3, -0.25) is 19.3 Å². The molecule has 5 heteroatoms. The number of likely N-dealkylation sites (tertiary alicyclic amines) is 1. The molecular formula is C20H21NO3S. The largest absolute Gasteiger partial charge is 0.291 e. The molecule has 2 fully saturated rings. The molecule has 4 rings (SSSR count). The Hall–Kier alpha value is -2.01. The molecule has 1 aliphatic heterocycles. The number of benzene rings is 1. The minimum atomic E-state index is -0.523. The van der Waals surface area contributed by atoms with Gasteiger partial charge in [0.2, 0.25) is 11.8 Å². The van der Waals surface area contributed by atoms with Crippen molar-refractivity contribution in [1.29, 1.82) is 0 Å². The molecule has 130 valence electrons. The average Bonchev–Trinajstić information content (AvgIpc) is 3.06. The van der Waals surface area contributed by atoms with Crippen molar-refractivity contribution < 1.29 is 14.4 Å². The van der Waals surface area contributed by atoms with E-state index in [1.165, 1.54) is 16.2 Å². The lowest BCUT2D eigenvalue weighted by Crippen LogP contribution is -2.39.